The van der Waals surface area contributed by atoms with Crippen LogP contribution in [-0.4, -0.2) is 82.2 Å². The summed E-state index contributed by atoms with van der Waals surface area (Å²) in [5.41, 5.74) is 0. The van der Waals surface area contributed by atoms with Crippen LogP contribution in [0.1, 0.15) is 12.8 Å². The molecule has 0 aromatic carbocycles. The minimum atomic E-state index is -3.36. The Morgan fingerprint density at radius 3 is 2.45 bits per heavy atom. The van der Waals surface area contributed by atoms with Gasteiger partial charge in [-0.15, -0.1) is 4.76 Å². The van der Waals surface area contributed by atoms with Crippen molar-refractivity contribution in [1.29, 1.82) is 0 Å². The van der Waals surface area contributed by atoms with Crippen molar-refractivity contribution in [1.82, 2.24) is 14.7 Å². The van der Waals surface area contributed by atoms with Gasteiger partial charge in [-0.25, -0.2) is 4.57 Å². The van der Waals surface area contributed by atoms with Crippen molar-refractivity contribution >= 4 is 13.7 Å². The van der Waals surface area contributed by atoms with Gasteiger partial charge in [0.25, 0.3) is 0 Å². The number of hydrogen-bond acceptors (Lipinski definition) is 4. The summed E-state index contributed by atoms with van der Waals surface area (Å²) in [5.74, 6) is 0.696. The second kappa shape index (κ2) is 7.98. The number of likely N-dealkylation sites (N-methyl/N-ethyl adjacent to an activating group) is 1. The summed E-state index contributed by atoms with van der Waals surface area (Å²) in [6.45, 7) is 3.75. The highest BCUT2D eigenvalue weighted by atomic mass is 31.2. The van der Waals surface area contributed by atoms with E-state index in [2.05, 4.69) is 28.7 Å². The SMILES string of the molecule is COP(=O)(N=C1N(C)CCN1CCCCN(C)C)OC. The molecule has 1 heterocycles. The highest BCUT2D eigenvalue weighted by Gasteiger charge is 2.29. The van der Waals surface area contributed by atoms with Crippen molar-refractivity contribution in [2.24, 2.45) is 4.76 Å². The predicted molar refractivity (Wildman–Crippen MR) is 81.1 cm³/mol. The summed E-state index contributed by atoms with van der Waals surface area (Å²) in [5, 5.41) is 0. The first-order chi connectivity index (χ1) is 9.41. The molecule has 0 bridgehead atoms. The van der Waals surface area contributed by atoms with Crippen molar-refractivity contribution in [2.45, 2.75) is 12.8 Å². The molecule has 1 fully saturated rings. The largest absolute Gasteiger partial charge is 0.456 e. The predicted octanol–water partition coefficient (Wildman–Crippen LogP) is 1.33. The molecule has 0 N–H and O–H groups in total. The fraction of sp³-hybridized carbons (Fsp3) is 0.917. The maximum atomic E-state index is 12.1. The molecule has 1 rings (SSSR count). The first-order valence-electron chi connectivity index (χ1n) is 6.84. The minimum Gasteiger partial charge on any atom is -0.344 e. The summed E-state index contributed by atoms with van der Waals surface area (Å²) in [6.07, 6.45) is 2.21. The molecule has 1 aliphatic rings. The Morgan fingerprint density at radius 2 is 1.90 bits per heavy atom. The Morgan fingerprint density at radius 1 is 1.25 bits per heavy atom. The zero-order valence-electron chi connectivity index (χ0n) is 13.2. The van der Waals surface area contributed by atoms with Crippen LogP contribution in [0, 0.1) is 0 Å². The van der Waals surface area contributed by atoms with Gasteiger partial charge in [0.2, 0.25) is 5.96 Å². The Bertz CT molecular complexity index is 368. The molecule has 0 aromatic heterocycles. The normalized spacial score (nSPS) is 18.6. The van der Waals surface area contributed by atoms with Gasteiger partial charge < -0.3 is 14.7 Å². The Labute approximate surface area is 122 Å². The molecule has 0 saturated carbocycles. The first kappa shape index (κ1) is 17.4. The average Bonchev–Trinajstić information content (AvgIpc) is 2.75. The van der Waals surface area contributed by atoms with Crippen LogP contribution in [-0.2, 0) is 13.6 Å². The minimum absolute atomic E-state index is 0.696. The van der Waals surface area contributed by atoms with Crippen LogP contribution in [0.5, 0.6) is 0 Å². The Balaban J connectivity index is 2.62. The molecular formula is C12H27N4O3P. The molecule has 0 aliphatic carbocycles. The molecule has 8 heteroatoms. The standard InChI is InChI=1S/C12H27N4O3P/c1-14(2)8-6-7-9-16-11-10-15(3)12(16)13-20(17,18-4)19-5/h6-11H2,1-5H3. The van der Waals surface area contributed by atoms with E-state index in [1.165, 1.54) is 14.2 Å². The zero-order chi connectivity index (χ0) is 15.2. The van der Waals surface area contributed by atoms with Crippen molar-refractivity contribution in [2.75, 3.05) is 61.5 Å². The number of nitrogens with zero attached hydrogens (tertiary/aromatic N) is 4. The van der Waals surface area contributed by atoms with Crippen LogP contribution in [0.3, 0.4) is 0 Å². The van der Waals surface area contributed by atoms with Gasteiger partial charge in [0.15, 0.2) is 0 Å². The van der Waals surface area contributed by atoms with Gasteiger partial charge in [-0.05, 0) is 33.5 Å². The lowest BCUT2D eigenvalue weighted by Gasteiger charge is -2.22. The monoisotopic (exact) mass is 306 g/mol. The average molecular weight is 306 g/mol. The molecule has 0 unspecified atom stereocenters. The second-order valence-corrected chi connectivity index (χ2v) is 7.02. The van der Waals surface area contributed by atoms with Gasteiger partial charge in [0.1, 0.15) is 0 Å². The highest BCUT2D eigenvalue weighted by Crippen LogP contribution is 2.48. The molecule has 118 valence electrons. The quantitative estimate of drug-likeness (QED) is 0.498. The van der Waals surface area contributed by atoms with Crippen LogP contribution in [0.4, 0.5) is 0 Å². The highest BCUT2D eigenvalue weighted by molar-refractivity contribution is 7.52. The van der Waals surface area contributed by atoms with Crippen molar-refractivity contribution < 1.29 is 13.6 Å². The molecule has 7 nitrogen and oxygen atoms in total. The van der Waals surface area contributed by atoms with Gasteiger partial charge in [-0.3, -0.25) is 9.05 Å². The van der Waals surface area contributed by atoms with E-state index in [0.29, 0.717) is 5.96 Å². The van der Waals surface area contributed by atoms with Crippen LogP contribution in [0.2, 0.25) is 0 Å². The molecular weight excluding hydrogens is 279 g/mol. The fourth-order valence-corrected chi connectivity index (χ4v) is 2.87. The van der Waals surface area contributed by atoms with E-state index in [1.807, 2.05) is 11.9 Å². The smallest absolute Gasteiger partial charge is 0.344 e. The summed E-state index contributed by atoms with van der Waals surface area (Å²) in [6, 6.07) is 0. The van der Waals surface area contributed by atoms with Crippen molar-refractivity contribution in [3.05, 3.63) is 0 Å². The van der Waals surface area contributed by atoms with E-state index in [4.69, 9.17) is 9.05 Å². The van der Waals surface area contributed by atoms with E-state index in [9.17, 15) is 4.57 Å². The molecule has 0 aromatic rings. The van der Waals surface area contributed by atoms with Crippen LogP contribution in [0.25, 0.3) is 0 Å². The third-order valence-electron chi connectivity index (χ3n) is 3.29. The summed E-state index contributed by atoms with van der Waals surface area (Å²) in [7, 11) is 5.43. The lowest BCUT2D eigenvalue weighted by atomic mass is 10.3. The molecule has 0 radical (unpaired) electrons. The van der Waals surface area contributed by atoms with Gasteiger partial charge in [0.05, 0.1) is 0 Å². The number of unbranched alkanes of at least 4 members (excludes halogenated alkanes) is 1. The van der Waals surface area contributed by atoms with Crippen LogP contribution in [0.15, 0.2) is 4.76 Å². The van der Waals surface area contributed by atoms with Gasteiger partial charge in [-0.1, -0.05) is 0 Å². The lowest BCUT2D eigenvalue weighted by Crippen LogP contribution is -2.32. The fourth-order valence-electron chi connectivity index (χ4n) is 2.06. The molecule has 1 aliphatic heterocycles. The molecule has 0 atom stereocenters. The third-order valence-corrected chi connectivity index (χ3v) is 4.63. The van der Waals surface area contributed by atoms with E-state index in [-0.39, 0.29) is 0 Å². The molecule has 0 spiro atoms. The van der Waals surface area contributed by atoms with E-state index < -0.39 is 7.75 Å². The summed E-state index contributed by atoms with van der Waals surface area (Å²) >= 11 is 0. The van der Waals surface area contributed by atoms with Gasteiger partial charge >= 0.3 is 7.75 Å². The first-order valence-corrected chi connectivity index (χ1v) is 8.34. The number of hydrogen-bond donors (Lipinski definition) is 0. The van der Waals surface area contributed by atoms with E-state index >= 15 is 0 Å². The number of rotatable bonds is 8. The molecule has 0 amide bonds. The maximum absolute atomic E-state index is 12.1. The maximum Gasteiger partial charge on any atom is 0.456 e. The van der Waals surface area contributed by atoms with Crippen LogP contribution >= 0.6 is 7.75 Å². The summed E-state index contributed by atoms with van der Waals surface area (Å²) < 4.78 is 26.1. The Hall–Kier alpha value is -0.620. The van der Waals surface area contributed by atoms with Crippen molar-refractivity contribution in [3.63, 3.8) is 0 Å². The van der Waals surface area contributed by atoms with E-state index in [1.54, 1.807) is 0 Å². The van der Waals surface area contributed by atoms with Gasteiger partial charge in [0, 0.05) is 40.9 Å². The van der Waals surface area contributed by atoms with Gasteiger partial charge in [-0.2, -0.15) is 0 Å². The van der Waals surface area contributed by atoms with Crippen molar-refractivity contribution in [3.8, 4) is 0 Å². The van der Waals surface area contributed by atoms with E-state index in [0.717, 1.165) is 39.0 Å². The second-order valence-electron chi connectivity index (χ2n) is 5.15. The molecule has 20 heavy (non-hydrogen) atoms. The number of guanidine groups is 1. The zero-order valence-corrected chi connectivity index (χ0v) is 14.1. The molecule has 1 saturated heterocycles. The lowest BCUT2D eigenvalue weighted by molar-refractivity contribution is 0.276. The Kier molecular flexibility index (Phi) is 6.95. The third kappa shape index (κ3) is 5.05. The summed E-state index contributed by atoms with van der Waals surface area (Å²) in [4.78, 5) is 6.30. The topological polar surface area (TPSA) is 57.6 Å². The van der Waals surface area contributed by atoms with Crippen LogP contribution < -0.4 is 0 Å².